The minimum Gasteiger partial charge on any atom is -0.489 e. The van der Waals surface area contributed by atoms with Crippen molar-refractivity contribution in [3.63, 3.8) is 0 Å². The van der Waals surface area contributed by atoms with Crippen molar-refractivity contribution in [3.05, 3.63) is 71.7 Å². The summed E-state index contributed by atoms with van der Waals surface area (Å²) in [5.41, 5.74) is 2.15. The quantitative estimate of drug-likeness (QED) is 0.711. The van der Waals surface area contributed by atoms with Gasteiger partial charge in [-0.25, -0.2) is 9.18 Å². The van der Waals surface area contributed by atoms with E-state index >= 15 is 0 Å². The average molecular weight is 342 g/mol. The summed E-state index contributed by atoms with van der Waals surface area (Å²) in [6.07, 6.45) is -1.13. The number of benzene rings is 2. The standard InChI is InChI=1S/C18H15FN2O4/c19-14-3-1-2-12(8-14)11-24-15-6-4-13(5-7-15)17-9-16(25-21-17)10-20-18(22)23/h1-9,20H,10-11H2,(H,22,23). The molecule has 0 saturated heterocycles. The van der Waals surface area contributed by atoms with E-state index < -0.39 is 6.09 Å². The molecule has 3 aromatic rings. The summed E-state index contributed by atoms with van der Waals surface area (Å²) in [7, 11) is 0. The monoisotopic (exact) mass is 342 g/mol. The molecule has 25 heavy (non-hydrogen) atoms. The smallest absolute Gasteiger partial charge is 0.405 e. The van der Waals surface area contributed by atoms with Gasteiger partial charge in [-0.2, -0.15) is 0 Å². The van der Waals surface area contributed by atoms with Crippen molar-refractivity contribution in [2.75, 3.05) is 0 Å². The second-order valence-corrected chi connectivity index (χ2v) is 5.28. The topological polar surface area (TPSA) is 84.6 Å². The van der Waals surface area contributed by atoms with Crippen LogP contribution in [0.2, 0.25) is 0 Å². The minimum atomic E-state index is -1.13. The first kappa shape index (κ1) is 16.5. The lowest BCUT2D eigenvalue weighted by atomic mass is 10.1. The molecule has 0 aliphatic carbocycles. The van der Waals surface area contributed by atoms with Crippen LogP contribution in [-0.2, 0) is 13.2 Å². The Bertz CT molecular complexity index is 862. The number of carbonyl (C=O) groups is 1. The zero-order valence-electron chi connectivity index (χ0n) is 13.1. The van der Waals surface area contributed by atoms with E-state index in [0.29, 0.717) is 17.2 Å². The molecule has 0 fully saturated rings. The Labute approximate surface area is 142 Å². The number of ether oxygens (including phenoxy) is 1. The molecule has 128 valence electrons. The van der Waals surface area contributed by atoms with E-state index in [1.807, 2.05) is 12.1 Å². The van der Waals surface area contributed by atoms with Gasteiger partial charge in [0.05, 0.1) is 6.54 Å². The number of carboxylic acid groups (broad SMARTS) is 1. The molecular formula is C18H15FN2O4. The molecular weight excluding hydrogens is 327 g/mol. The molecule has 0 spiro atoms. The average Bonchev–Trinajstić information content (AvgIpc) is 3.08. The van der Waals surface area contributed by atoms with Gasteiger partial charge in [0.2, 0.25) is 0 Å². The Morgan fingerprint density at radius 2 is 2.00 bits per heavy atom. The normalized spacial score (nSPS) is 10.4. The molecule has 1 heterocycles. The van der Waals surface area contributed by atoms with Gasteiger partial charge in [0.1, 0.15) is 23.9 Å². The lowest BCUT2D eigenvalue weighted by Gasteiger charge is -2.06. The molecule has 0 unspecified atom stereocenters. The van der Waals surface area contributed by atoms with E-state index in [9.17, 15) is 9.18 Å². The molecule has 1 aromatic heterocycles. The van der Waals surface area contributed by atoms with Crippen LogP contribution in [0, 0.1) is 5.82 Å². The molecule has 2 aromatic carbocycles. The number of hydrogen-bond acceptors (Lipinski definition) is 4. The van der Waals surface area contributed by atoms with Crippen LogP contribution in [0.1, 0.15) is 11.3 Å². The van der Waals surface area contributed by atoms with E-state index in [-0.39, 0.29) is 19.0 Å². The molecule has 0 bridgehead atoms. The van der Waals surface area contributed by atoms with Gasteiger partial charge >= 0.3 is 6.09 Å². The van der Waals surface area contributed by atoms with Gasteiger partial charge < -0.3 is 19.7 Å². The summed E-state index contributed by atoms with van der Waals surface area (Å²) >= 11 is 0. The predicted molar refractivity (Wildman–Crippen MR) is 87.5 cm³/mol. The Kier molecular flexibility index (Phi) is 4.94. The van der Waals surface area contributed by atoms with Crippen LogP contribution in [0.4, 0.5) is 9.18 Å². The molecule has 0 aliphatic rings. The first-order chi connectivity index (χ1) is 12.1. The zero-order valence-corrected chi connectivity index (χ0v) is 13.1. The number of rotatable bonds is 6. The summed E-state index contributed by atoms with van der Waals surface area (Å²) < 4.78 is 23.8. The van der Waals surface area contributed by atoms with E-state index in [1.165, 1.54) is 12.1 Å². The highest BCUT2D eigenvalue weighted by Crippen LogP contribution is 2.23. The number of halogens is 1. The van der Waals surface area contributed by atoms with Gasteiger partial charge in [0.25, 0.3) is 0 Å². The highest BCUT2D eigenvalue weighted by molar-refractivity contribution is 5.64. The lowest BCUT2D eigenvalue weighted by molar-refractivity contribution is 0.192. The fraction of sp³-hybridized carbons (Fsp3) is 0.111. The van der Waals surface area contributed by atoms with E-state index in [2.05, 4.69) is 10.5 Å². The van der Waals surface area contributed by atoms with Gasteiger partial charge in [0, 0.05) is 11.6 Å². The van der Waals surface area contributed by atoms with Gasteiger partial charge in [-0.05, 0) is 42.0 Å². The Morgan fingerprint density at radius 3 is 2.72 bits per heavy atom. The summed E-state index contributed by atoms with van der Waals surface area (Å²) in [5, 5.41) is 14.7. The number of hydrogen-bond donors (Lipinski definition) is 2. The van der Waals surface area contributed by atoms with Crippen molar-refractivity contribution < 1.29 is 23.6 Å². The van der Waals surface area contributed by atoms with Crippen LogP contribution >= 0.6 is 0 Å². The fourth-order valence-electron chi connectivity index (χ4n) is 2.21. The van der Waals surface area contributed by atoms with Gasteiger partial charge in [-0.3, -0.25) is 0 Å². The van der Waals surface area contributed by atoms with Gasteiger partial charge in [-0.1, -0.05) is 17.3 Å². The summed E-state index contributed by atoms with van der Waals surface area (Å²) in [5.74, 6) is 0.767. The molecule has 0 aliphatic heterocycles. The Hall–Kier alpha value is -3.35. The third-order valence-corrected chi connectivity index (χ3v) is 3.42. The molecule has 1 amide bonds. The van der Waals surface area contributed by atoms with Crippen LogP contribution in [0.25, 0.3) is 11.3 Å². The molecule has 0 atom stereocenters. The second-order valence-electron chi connectivity index (χ2n) is 5.28. The van der Waals surface area contributed by atoms with Gasteiger partial charge in [0.15, 0.2) is 5.76 Å². The maximum absolute atomic E-state index is 13.1. The first-order valence-corrected chi connectivity index (χ1v) is 7.50. The fourth-order valence-corrected chi connectivity index (χ4v) is 2.21. The molecule has 0 radical (unpaired) electrons. The SMILES string of the molecule is O=C(O)NCc1cc(-c2ccc(OCc3cccc(F)c3)cc2)no1. The maximum atomic E-state index is 13.1. The van der Waals surface area contributed by atoms with Crippen molar-refractivity contribution in [2.45, 2.75) is 13.2 Å². The van der Waals surface area contributed by atoms with Crippen LogP contribution < -0.4 is 10.1 Å². The van der Waals surface area contributed by atoms with Crippen molar-refractivity contribution in [1.82, 2.24) is 10.5 Å². The van der Waals surface area contributed by atoms with Crippen molar-refractivity contribution in [2.24, 2.45) is 0 Å². The Balaban J connectivity index is 1.61. The predicted octanol–water partition coefficient (Wildman–Crippen LogP) is 3.83. The highest BCUT2D eigenvalue weighted by Gasteiger charge is 2.08. The van der Waals surface area contributed by atoms with Crippen LogP contribution in [0.15, 0.2) is 59.1 Å². The number of amides is 1. The minimum absolute atomic E-state index is 0.0527. The second kappa shape index (κ2) is 7.48. The van der Waals surface area contributed by atoms with E-state index in [0.717, 1.165) is 11.1 Å². The van der Waals surface area contributed by atoms with Crippen molar-refractivity contribution in [1.29, 1.82) is 0 Å². The number of nitrogens with zero attached hydrogens (tertiary/aromatic N) is 1. The third-order valence-electron chi connectivity index (χ3n) is 3.42. The highest BCUT2D eigenvalue weighted by atomic mass is 19.1. The summed E-state index contributed by atoms with van der Waals surface area (Å²) in [4.78, 5) is 10.5. The van der Waals surface area contributed by atoms with Gasteiger partial charge in [-0.15, -0.1) is 0 Å². The summed E-state index contributed by atoms with van der Waals surface area (Å²) in [6, 6.07) is 15.1. The molecule has 2 N–H and O–H groups in total. The number of aromatic nitrogens is 1. The maximum Gasteiger partial charge on any atom is 0.405 e. The lowest BCUT2D eigenvalue weighted by Crippen LogP contribution is -2.19. The largest absolute Gasteiger partial charge is 0.489 e. The first-order valence-electron chi connectivity index (χ1n) is 7.50. The van der Waals surface area contributed by atoms with Crippen LogP contribution in [-0.4, -0.2) is 16.4 Å². The van der Waals surface area contributed by atoms with Crippen molar-refractivity contribution in [3.8, 4) is 17.0 Å². The van der Waals surface area contributed by atoms with Crippen LogP contribution in [0.3, 0.4) is 0 Å². The summed E-state index contributed by atoms with van der Waals surface area (Å²) in [6.45, 7) is 0.323. The third kappa shape index (κ3) is 4.57. The molecule has 3 rings (SSSR count). The van der Waals surface area contributed by atoms with E-state index in [1.54, 1.807) is 30.3 Å². The van der Waals surface area contributed by atoms with E-state index in [4.69, 9.17) is 14.4 Å². The Morgan fingerprint density at radius 1 is 1.20 bits per heavy atom. The molecule has 6 nitrogen and oxygen atoms in total. The van der Waals surface area contributed by atoms with Crippen molar-refractivity contribution >= 4 is 6.09 Å². The molecule has 7 heteroatoms. The zero-order chi connectivity index (χ0) is 17.6. The number of nitrogens with one attached hydrogen (secondary N) is 1. The molecule has 0 saturated carbocycles. The van der Waals surface area contributed by atoms with Crippen LogP contribution in [0.5, 0.6) is 5.75 Å².